The smallest absolute Gasteiger partial charge is 0.252 e. The average molecular weight is 381 g/mol. The van der Waals surface area contributed by atoms with E-state index in [2.05, 4.69) is 22.1 Å². The number of pyridine rings is 1. The van der Waals surface area contributed by atoms with Gasteiger partial charge in [-0.3, -0.25) is 14.7 Å². The molecule has 2 aliphatic rings. The van der Waals surface area contributed by atoms with Gasteiger partial charge in [0.15, 0.2) is 0 Å². The second-order valence-electron chi connectivity index (χ2n) is 8.11. The van der Waals surface area contributed by atoms with Gasteiger partial charge in [0.25, 0.3) is 5.91 Å². The molecule has 2 aromatic rings. The average Bonchev–Trinajstić information content (AvgIpc) is 2.95. The number of hydrogen-bond donors (Lipinski definition) is 1. The summed E-state index contributed by atoms with van der Waals surface area (Å²) in [6.07, 6.45) is 7.78. The van der Waals surface area contributed by atoms with Crippen LogP contribution >= 0.6 is 0 Å². The molecule has 1 aromatic heterocycles. The summed E-state index contributed by atoms with van der Waals surface area (Å²) < 4.78 is 13.4. The van der Waals surface area contributed by atoms with Gasteiger partial charge in [-0.1, -0.05) is 19.1 Å². The predicted molar refractivity (Wildman–Crippen MR) is 108 cm³/mol. The molecule has 28 heavy (non-hydrogen) atoms. The van der Waals surface area contributed by atoms with Crippen LogP contribution in [0.5, 0.6) is 0 Å². The molecule has 2 saturated heterocycles. The first-order valence-electron chi connectivity index (χ1n) is 10.4. The molecule has 3 heterocycles. The summed E-state index contributed by atoms with van der Waals surface area (Å²) >= 11 is 0. The van der Waals surface area contributed by atoms with Crippen LogP contribution in [-0.2, 0) is 0 Å². The highest BCUT2D eigenvalue weighted by molar-refractivity contribution is 5.94. The Hall–Kier alpha value is -2.27. The molecule has 2 fully saturated rings. The Labute approximate surface area is 166 Å². The van der Waals surface area contributed by atoms with E-state index in [1.807, 2.05) is 6.07 Å². The number of benzene rings is 1. The molecule has 5 heteroatoms. The van der Waals surface area contributed by atoms with Crippen molar-refractivity contribution in [3.8, 4) is 11.3 Å². The fourth-order valence-electron chi connectivity index (χ4n) is 4.86. The molecule has 0 radical (unpaired) electrons. The lowest BCUT2D eigenvalue weighted by molar-refractivity contribution is 0.0876. The van der Waals surface area contributed by atoms with Gasteiger partial charge in [-0.2, -0.15) is 0 Å². The number of carbonyl (C=O) groups is 1. The van der Waals surface area contributed by atoms with E-state index in [0.29, 0.717) is 34.8 Å². The lowest BCUT2D eigenvalue weighted by atomic mass is 9.90. The normalized spacial score (nSPS) is 24.3. The molecule has 0 aliphatic carbocycles. The van der Waals surface area contributed by atoms with Gasteiger partial charge in [-0.25, -0.2) is 4.39 Å². The number of aromatic nitrogens is 1. The van der Waals surface area contributed by atoms with Crippen LogP contribution in [0.15, 0.2) is 42.6 Å². The third-order valence-electron chi connectivity index (χ3n) is 6.16. The quantitative estimate of drug-likeness (QED) is 0.813. The van der Waals surface area contributed by atoms with Crippen LogP contribution < -0.4 is 5.32 Å². The number of halogens is 1. The number of carbonyl (C=O) groups excluding carboxylic acids is 1. The van der Waals surface area contributed by atoms with E-state index in [0.717, 1.165) is 6.54 Å². The Morgan fingerprint density at radius 3 is 2.64 bits per heavy atom. The summed E-state index contributed by atoms with van der Waals surface area (Å²) in [6, 6.07) is 11.3. The number of piperidine rings is 1. The highest BCUT2D eigenvalue weighted by Crippen LogP contribution is 2.38. The number of rotatable bonds is 6. The first kappa shape index (κ1) is 19.1. The summed E-state index contributed by atoms with van der Waals surface area (Å²) in [6.45, 7) is 4.19. The standard InChI is InChI=1S/C23H28FN3O/c1-2-10-27-20-7-8-21(27)12-16(11-20)14-26-23(28)18-6-9-22(25-15-18)17-4-3-5-19(24)13-17/h3-6,9,13,15-16,20-21H,2,7-8,10-12,14H2,1H3,(H,26,28)/t16?,20-,21?/m1/s1. The van der Waals surface area contributed by atoms with Crippen molar-refractivity contribution in [1.82, 2.24) is 15.2 Å². The van der Waals surface area contributed by atoms with E-state index < -0.39 is 0 Å². The fraction of sp³-hybridized carbons (Fsp3) is 0.478. The third-order valence-corrected chi connectivity index (χ3v) is 6.16. The summed E-state index contributed by atoms with van der Waals surface area (Å²) in [5.74, 6) is 0.191. The predicted octanol–water partition coefficient (Wildman–Crippen LogP) is 4.27. The minimum absolute atomic E-state index is 0.0818. The molecular weight excluding hydrogens is 353 g/mol. The van der Waals surface area contributed by atoms with Gasteiger partial charge >= 0.3 is 0 Å². The van der Waals surface area contributed by atoms with E-state index in [1.165, 1.54) is 50.8 Å². The lowest BCUT2D eigenvalue weighted by Crippen LogP contribution is -2.45. The van der Waals surface area contributed by atoms with E-state index in [9.17, 15) is 9.18 Å². The zero-order valence-corrected chi connectivity index (χ0v) is 16.4. The number of amides is 1. The monoisotopic (exact) mass is 381 g/mol. The van der Waals surface area contributed by atoms with Crippen molar-refractivity contribution in [2.45, 2.75) is 51.1 Å². The number of fused-ring (bicyclic) bond motifs is 2. The van der Waals surface area contributed by atoms with Crippen molar-refractivity contribution in [3.05, 3.63) is 54.0 Å². The third kappa shape index (κ3) is 4.09. The van der Waals surface area contributed by atoms with Crippen LogP contribution in [0.25, 0.3) is 11.3 Å². The van der Waals surface area contributed by atoms with Crippen LogP contribution in [0.2, 0.25) is 0 Å². The highest BCUT2D eigenvalue weighted by Gasteiger charge is 2.39. The van der Waals surface area contributed by atoms with Crippen LogP contribution in [0.3, 0.4) is 0 Å². The van der Waals surface area contributed by atoms with Crippen molar-refractivity contribution in [1.29, 1.82) is 0 Å². The Morgan fingerprint density at radius 1 is 1.21 bits per heavy atom. The molecule has 4 nitrogen and oxygen atoms in total. The van der Waals surface area contributed by atoms with E-state index in [1.54, 1.807) is 24.4 Å². The summed E-state index contributed by atoms with van der Waals surface area (Å²) in [5, 5.41) is 3.10. The number of nitrogens with one attached hydrogen (secondary N) is 1. The molecule has 4 rings (SSSR count). The minimum Gasteiger partial charge on any atom is -0.352 e. The second kappa shape index (κ2) is 8.39. The van der Waals surface area contributed by atoms with E-state index in [4.69, 9.17) is 0 Å². The Morgan fingerprint density at radius 2 is 2.00 bits per heavy atom. The Balaban J connectivity index is 1.32. The zero-order chi connectivity index (χ0) is 19.5. The Bertz CT molecular complexity index is 809. The van der Waals surface area contributed by atoms with Crippen molar-refractivity contribution < 1.29 is 9.18 Å². The topological polar surface area (TPSA) is 45.2 Å². The van der Waals surface area contributed by atoms with Gasteiger partial charge in [0.2, 0.25) is 0 Å². The number of nitrogens with zero attached hydrogens (tertiary/aromatic N) is 2. The molecule has 1 N–H and O–H groups in total. The zero-order valence-electron chi connectivity index (χ0n) is 16.4. The van der Waals surface area contributed by atoms with E-state index >= 15 is 0 Å². The SMILES string of the molecule is CCCN1C2CC[C@@H]1CC(CNC(=O)c1ccc(-c3cccc(F)c3)nc1)C2. The summed E-state index contributed by atoms with van der Waals surface area (Å²) in [5.41, 5.74) is 1.92. The van der Waals surface area contributed by atoms with Gasteiger partial charge in [-0.15, -0.1) is 0 Å². The van der Waals surface area contributed by atoms with E-state index in [-0.39, 0.29) is 11.7 Å². The van der Waals surface area contributed by atoms with Crippen LogP contribution in [0.4, 0.5) is 4.39 Å². The maximum absolute atomic E-state index is 13.4. The summed E-state index contributed by atoms with van der Waals surface area (Å²) in [7, 11) is 0. The minimum atomic E-state index is -0.292. The molecule has 2 bridgehead atoms. The largest absolute Gasteiger partial charge is 0.352 e. The lowest BCUT2D eigenvalue weighted by Gasteiger charge is -2.39. The molecule has 2 unspecified atom stereocenters. The maximum atomic E-state index is 13.4. The highest BCUT2D eigenvalue weighted by atomic mass is 19.1. The van der Waals surface area contributed by atoms with Crippen LogP contribution in [0, 0.1) is 11.7 Å². The molecule has 148 valence electrons. The molecule has 1 aromatic carbocycles. The first-order valence-corrected chi connectivity index (χ1v) is 10.4. The van der Waals surface area contributed by atoms with Crippen molar-refractivity contribution in [2.24, 2.45) is 5.92 Å². The molecule has 3 atom stereocenters. The molecule has 0 saturated carbocycles. The Kier molecular flexibility index (Phi) is 5.72. The van der Waals surface area contributed by atoms with Gasteiger partial charge in [0.05, 0.1) is 11.3 Å². The van der Waals surface area contributed by atoms with Crippen LogP contribution in [-0.4, -0.2) is 41.0 Å². The first-order chi connectivity index (χ1) is 13.6. The molecular formula is C23H28FN3O. The van der Waals surface area contributed by atoms with Gasteiger partial charge < -0.3 is 5.32 Å². The fourth-order valence-corrected chi connectivity index (χ4v) is 4.86. The van der Waals surface area contributed by atoms with Gasteiger partial charge in [-0.05, 0) is 68.8 Å². The molecule has 1 amide bonds. The van der Waals surface area contributed by atoms with Crippen molar-refractivity contribution >= 4 is 5.91 Å². The van der Waals surface area contributed by atoms with Crippen molar-refractivity contribution in [3.63, 3.8) is 0 Å². The second-order valence-corrected chi connectivity index (χ2v) is 8.11. The molecule has 0 spiro atoms. The van der Waals surface area contributed by atoms with Crippen molar-refractivity contribution in [2.75, 3.05) is 13.1 Å². The summed E-state index contributed by atoms with van der Waals surface area (Å²) in [4.78, 5) is 19.5. The van der Waals surface area contributed by atoms with Crippen LogP contribution in [0.1, 0.15) is 49.4 Å². The van der Waals surface area contributed by atoms with Gasteiger partial charge in [0.1, 0.15) is 5.82 Å². The molecule has 2 aliphatic heterocycles. The van der Waals surface area contributed by atoms with Gasteiger partial charge in [0, 0.05) is 30.4 Å². The number of hydrogen-bond acceptors (Lipinski definition) is 3. The maximum Gasteiger partial charge on any atom is 0.252 e.